The third kappa shape index (κ3) is 3.32. The molecule has 0 saturated carbocycles. The zero-order valence-corrected chi connectivity index (χ0v) is 12.8. The SMILES string of the molecule is CCOc1ccc2nc(S[C@@H]3CCCCNC3=O)[nH]c2c1. The Morgan fingerprint density at radius 2 is 2.33 bits per heavy atom. The number of rotatable bonds is 4. The normalized spacial score (nSPS) is 19.3. The van der Waals surface area contributed by atoms with Gasteiger partial charge in [-0.15, -0.1) is 0 Å². The highest BCUT2D eigenvalue weighted by molar-refractivity contribution is 8.00. The molecular formula is C15H19N3O2S. The zero-order valence-electron chi connectivity index (χ0n) is 12.0. The van der Waals surface area contributed by atoms with Gasteiger partial charge in [0.1, 0.15) is 5.75 Å². The number of aromatic amines is 1. The predicted octanol–water partition coefficient (Wildman–Crippen LogP) is 2.72. The van der Waals surface area contributed by atoms with Crippen molar-refractivity contribution in [3.8, 4) is 5.75 Å². The van der Waals surface area contributed by atoms with Gasteiger partial charge in [-0.25, -0.2) is 4.98 Å². The summed E-state index contributed by atoms with van der Waals surface area (Å²) in [6.07, 6.45) is 3.03. The van der Waals surface area contributed by atoms with Gasteiger partial charge in [0.2, 0.25) is 5.91 Å². The lowest BCUT2D eigenvalue weighted by Crippen LogP contribution is -2.30. The Bertz CT molecular complexity index is 641. The second-order valence-corrected chi connectivity index (χ2v) is 6.24. The summed E-state index contributed by atoms with van der Waals surface area (Å²) in [7, 11) is 0. The van der Waals surface area contributed by atoms with E-state index in [4.69, 9.17) is 4.74 Å². The van der Waals surface area contributed by atoms with E-state index >= 15 is 0 Å². The number of H-pyrrole nitrogens is 1. The Hall–Kier alpha value is -1.69. The number of imidazole rings is 1. The van der Waals surface area contributed by atoms with Crippen molar-refractivity contribution in [1.29, 1.82) is 0 Å². The first-order valence-corrected chi connectivity index (χ1v) is 8.21. The van der Waals surface area contributed by atoms with Crippen LogP contribution in [0.4, 0.5) is 0 Å². The molecule has 0 unspecified atom stereocenters. The number of thioether (sulfide) groups is 1. The summed E-state index contributed by atoms with van der Waals surface area (Å²) in [5.74, 6) is 0.949. The molecule has 0 spiro atoms. The summed E-state index contributed by atoms with van der Waals surface area (Å²) in [5.41, 5.74) is 1.84. The molecular weight excluding hydrogens is 286 g/mol. The first-order valence-electron chi connectivity index (χ1n) is 7.33. The van der Waals surface area contributed by atoms with Crippen molar-refractivity contribution < 1.29 is 9.53 Å². The molecule has 2 aromatic rings. The van der Waals surface area contributed by atoms with Crippen LogP contribution in [0.15, 0.2) is 23.4 Å². The summed E-state index contributed by atoms with van der Waals surface area (Å²) in [4.78, 5) is 19.8. The van der Waals surface area contributed by atoms with E-state index in [9.17, 15) is 4.79 Å². The van der Waals surface area contributed by atoms with Gasteiger partial charge in [-0.05, 0) is 31.9 Å². The molecule has 21 heavy (non-hydrogen) atoms. The molecule has 5 nitrogen and oxygen atoms in total. The lowest BCUT2D eigenvalue weighted by atomic mass is 10.2. The molecule has 1 saturated heterocycles. The fraction of sp³-hybridized carbons (Fsp3) is 0.467. The summed E-state index contributed by atoms with van der Waals surface area (Å²) < 4.78 is 5.49. The van der Waals surface area contributed by atoms with Crippen molar-refractivity contribution >= 4 is 28.7 Å². The van der Waals surface area contributed by atoms with Gasteiger partial charge in [-0.1, -0.05) is 18.2 Å². The van der Waals surface area contributed by atoms with Crippen LogP contribution in [0.1, 0.15) is 26.2 Å². The highest BCUT2D eigenvalue weighted by atomic mass is 32.2. The summed E-state index contributed by atoms with van der Waals surface area (Å²) in [6, 6.07) is 5.80. The Labute approximate surface area is 127 Å². The average Bonchev–Trinajstić information content (AvgIpc) is 2.76. The van der Waals surface area contributed by atoms with Gasteiger partial charge in [-0.2, -0.15) is 0 Å². The number of hydrogen-bond acceptors (Lipinski definition) is 4. The number of aromatic nitrogens is 2. The van der Waals surface area contributed by atoms with E-state index in [0.29, 0.717) is 6.61 Å². The van der Waals surface area contributed by atoms with Gasteiger partial charge in [0.25, 0.3) is 0 Å². The fourth-order valence-electron chi connectivity index (χ4n) is 2.44. The Morgan fingerprint density at radius 1 is 1.43 bits per heavy atom. The number of carbonyl (C=O) groups excluding carboxylic acids is 1. The van der Waals surface area contributed by atoms with Crippen molar-refractivity contribution in [2.24, 2.45) is 0 Å². The minimum absolute atomic E-state index is 0.0561. The molecule has 0 bridgehead atoms. The fourth-order valence-corrected chi connectivity index (χ4v) is 3.50. The lowest BCUT2D eigenvalue weighted by Gasteiger charge is -2.10. The van der Waals surface area contributed by atoms with Crippen LogP contribution in [0.3, 0.4) is 0 Å². The second-order valence-electron chi connectivity index (χ2n) is 5.05. The zero-order chi connectivity index (χ0) is 14.7. The third-order valence-corrected chi connectivity index (χ3v) is 4.63. The number of carbonyl (C=O) groups is 1. The van der Waals surface area contributed by atoms with E-state index in [2.05, 4.69) is 15.3 Å². The molecule has 1 fully saturated rings. The highest BCUT2D eigenvalue weighted by Crippen LogP contribution is 2.29. The molecule has 112 valence electrons. The van der Waals surface area contributed by atoms with Crippen molar-refractivity contribution in [2.75, 3.05) is 13.2 Å². The minimum atomic E-state index is -0.0561. The van der Waals surface area contributed by atoms with Gasteiger partial charge in [0.05, 0.1) is 22.9 Å². The van der Waals surface area contributed by atoms with Crippen LogP contribution in [0.5, 0.6) is 5.75 Å². The topological polar surface area (TPSA) is 67.0 Å². The maximum atomic E-state index is 12.0. The number of benzene rings is 1. The number of ether oxygens (including phenoxy) is 1. The second kappa shape index (κ2) is 6.39. The predicted molar refractivity (Wildman–Crippen MR) is 83.8 cm³/mol. The van der Waals surface area contributed by atoms with Gasteiger partial charge in [-0.3, -0.25) is 4.79 Å². The van der Waals surface area contributed by atoms with Crippen LogP contribution in [-0.2, 0) is 4.79 Å². The maximum Gasteiger partial charge on any atom is 0.233 e. The molecule has 2 N–H and O–H groups in total. The summed E-state index contributed by atoms with van der Waals surface area (Å²) >= 11 is 1.51. The van der Waals surface area contributed by atoms with Gasteiger partial charge < -0.3 is 15.0 Å². The number of nitrogens with one attached hydrogen (secondary N) is 2. The van der Waals surface area contributed by atoms with E-state index in [1.54, 1.807) is 0 Å². The third-order valence-electron chi connectivity index (χ3n) is 3.48. The van der Waals surface area contributed by atoms with Crippen molar-refractivity contribution in [1.82, 2.24) is 15.3 Å². The van der Waals surface area contributed by atoms with Crippen LogP contribution < -0.4 is 10.1 Å². The average molecular weight is 305 g/mol. The highest BCUT2D eigenvalue weighted by Gasteiger charge is 2.23. The smallest absolute Gasteiger partial charge is 0.233 e. The summed E-state index contributed by atoms with van der Waals surface area (Å²) in [5, 5.41) is 3.69. The van der Waals surface area contributed by atoms with Crippen LogP contribution in [-0.4, -0.2) is 34.3 Å². The van der Waals surface area contributed by atoms with Crippen LogP contribution in [0.2, 0.25) is 0 Å². The quantitative estimate of drug-likeness (QED) is 0.911. The number of fused-ring (bicyclic) bond motifs is 1. The Balaban J connectivity index is 1.78. The molecule has 1 aliphatic rings. The van der Waals surface area contributed by atoms with E-state index in [1.165, 1.54) is 11.8 Å². The molecule has 6 heteroatoms. The number of amides is 1. The first-order chi connectivity index (χ1) is 10.3. The minimum Gasteiger partial charge on any atom is -0.494 e. The number of nitrogens with zero attached hydrogens (tertiary/aromatic N) is 1. The summed E-state index contributed by atoms with van der Waals surface area (Å²) in [6.45, 7) is 3.39. The van der Waals surface area contributed by atoms with Crippen LogP contribution in [0, 0.1) is 0 Å². The van der Waals surface area contributed by atoms with Gasteiger partial charge in [0, 0.05) is 12.6 Å². The molecule has 1 atom stereocenters. The standard InChI is InChI=1S/C15H19N3O2S/c1-2-20-10-6-7-11-12(9-10)18-15(17-11)21-13-5-3-4-8-16-14(13)19/h6-7,9,13H,2-5,8H2,1H3,(H,16,19)(H,17,18)/t13-/m1/s1. The largest absolute Gasteiger partial charge is 0.494 e. The molecule has 2 heterocycles. The van der Waals surface area contributed by atoms with E-state index in [1.807, 2.05) is 25.1 Å². The maximum absolute atomic E-state index is 12.0. The first kappa shape index (κ1) is 14.3. The monoisotopic (exact) mass is 305 g/mol. The molecule has 1 aromatic heterocycles. The molecule has 0 radical (unpaired) electrons. The van der Waals surface area contributed by atoms with E-state index in [-0.39, 0.29) is 11.2 Å². The van der Waals surface area contributed by atoms with E-state index < -0.39 is 0 Å². The molecule has 1 aliphatic heterocycles. The van der Waals surface area contributed by atoms with E-state index in [0.717, 1.165) is 47.7 Å². The van der Waals surface area contributed by atoms with Gasteiger partial charge in [0.15, 0.2) is 5.16 Å². The Morgan fingerprint density at radius 3 is 3.19 bits per heavy atom. The van der Waals surface area contributed by atoms with Crippen LogP contribution >= 0.6 is 11.8 Å². The Kier molecular flexibility index (Phi) is 4.34. The van der Waals surface area contributed by atoms with Crippen LogP contribution in [0.25, 0.3) is 11.0 Å². The van der Waals surface area contributed by atoms with Crippen molar-refractivity contribution in [3.63, 3.8) is 0 Å². The lowest BCUT2D eigenvalue weighted by molar-refractivity contribution is -0.120. The molecule has 3 rings (SSSR count). The molecule has 1 amide bonds. The van der Waals surface area contributed by atoms with Gasteiger partial charge >= 0.3 is 0 Å². The van der Waals surface area contributed by atoms with Crippen molar-refractivity contribution in [2.45, 2.75) is 36.6 Å². The molecule has 0 aliphatic carbocycles. The molecule has 1 aromatic carbocycles. The van der Waals surface area contributed by atoms with Crippen molar-refractivity contribution in [3.05, 3.63) is 18.2 Å². The number of hydrogen-bond donors (Lipinski definition) is 2.